The van der Waals surface area contributed by atoms with Crippen LogP contribution in [0.2, 0.25) is 0 Å². The maximum atomic E-state index is 12.6. The van der Waals surface area contributed by atoms with E-state index >= 15 is 0 Å². The van der Waals surface area contributed by atoms with Gasteiger partial charge in [-0.25, -0.2) is 0 Å². The number of benzene rings is 1. The highest BCUT2D eigenvalue weighted by Gasteiger charge is 2.30. The van der Waals surface area contributed by atoms with E-state index in [0.717, 1.165) is 12.1 Å². The minimum Gasteiger partial charge on any atom is -0.348 e. The molecule has 0 heterocycles. The summed E-state index contributed by atoms with van der Waals surface area (Å²) in [6.07, 6.45) is 0.695. The third kappa shape index (κ3) is 4.28. The minimum absolute atomic E-state index is 0.0706. The summed E-state index contributed by atoms with van der Waals surface area (Å²) in [7, 11) is 0. The van der Waals surface area contributed by atoms with Gasteiger partial charge in [0.15, 0.2) is 0 Å². The molecule has 0 saturated heterocycles. The molecule has 1 amide bonds. The van der Waals surface area contributed by atoms with Gasteiger partial charge in [-0.15, -0.1) is 12.3 Å². The first-order valence-corrected chi connectivity index (χ1v) is 5.92. The van der Waals surface area contributed by atoms with Crippen LogP contribution < -0.4 is 11.1 Å². The first kappa shape index (κ1) is 16.1. The van der Waals surface area contributed by atoms with Crippen molar-refractivity contribution in [2.24, 2.45) is 5.73 Å². The summed E-state index contributed by atoms with van der Waals surface area (Å²) in [5.74, 6) is 1.76. The number of amides is 1. The van der Waals surface area contributed by atoms with Crippen LogP contribution in [-0.4, -0.2) is 11.9 Å². The van der Waals surface area contributed by atoms with E-state index in [2.05, 4.69) is 11.2 Å². The van der Waals surface area contributed by atoms with Crippen LogP contribution in [0.25, 0.3) is 0 Å². The van der Waals surface area contributed by atoms with Crippen molar-refractivity contribution in [2.75, 3.05) is 0 Å². The van der Waals surface area contributed by atoms with Crippen LogP contribution in [0, 0.1) is 12.3 Å². The number of rotatable bonds is 4. The molecular formula is C14H15F3N2O. The highest BCUT2D eigenvalue weighted by atomic mass is 19.4. The zero-order valence-corrected chi connectivity index (χ0v) is 10.9. The summed E-state index contributed by atoms with van der Waals surface area (Å²) in [4.78, 5) is 11.6. The second-order valence-electron chi connectivity index (χ2n) is 4.37. The molecule has 0 spiro atoms. The molecular weight excluding hydrogens is 269 g/mol. The number of nitrogens with one attached hydrogen (secondary N) is 1. The first-order valence-electron chi connectivity index (χ1n) is 5.92. The van der Waals surface area contributed by atoms with E-state index in [-0.39, 0.29) is 6.42 Å². The van der Waals surface area contributed by atoms with Crippen LogP contribution in [0.15, 0.2) is 24.3 Å². The predicted octanol–water partition coefficient (Wildman–Crippen LogP) is 2.23. The molecule has 0 saturated carbocycles. The summed E-state index contributed by atoms with van der Waals surface area (Å²) in [5, 5.41) is 2.53. The Bertz CT molecular complexity index is 520. The predicted molar refractivity (Wildman–Crippen MR) is 69.4 cm³/mol. The molecule has 3 nitrogen and oxygen atoms in total. The zero-order chi connectivity index (χ0) is 15.3. The Kier molecular flexibility index (Phi) is 5.17. The minimum atomic E-state index is -4.42. The van der Waals surface area contributed by atoms with Gasteiger partial charge in [-0.2, -0.15) is 13.2 Å². The van der Waals surface area contributed by atoms with Crippen LogP contribution in [0.1, 0.15) is 30.5 Å². The highest BCUT2D eigenvalue weighted by molar-refractivity contribution is 5.82. The van der Waals surface area contributed by atoms with Gasteiger partial charge < -0.3 is 11.1 Å². The molecule has 0 fully saturated rings. The Morgan fingerprint density at radius 1 is 1.50 bits per heavy atom. The number of halogens is 3. The maximum absolute atomic E-state index is 12.6. The first-order chi connectivity index (χ1) is 9.25. The Labute approximate surface area is 115 Å². The normalized spacial score (nSPS) is 14.2. The fourth-order valence-electron chi connectivity index (χ4n) is 1.61. The number of terminal acetylenes is 1. The summed E-state index contributed by atoms with van der Waals surface area (Å²) in [6.45, 7) is 1.58. The van der Waals surface area contributed by atoms with Crippen molar-refractivity contribution < 1.29 is 18.0 Å². The van der Waals surface area contributed by atoms with Crippen molar-refractivity contribution in [1.82, 2.24) is 5.32 Å². The third-order valence-electron chi connectivity index (χ3n) is 2.75. The Balaban J connectivity index is 2.81. The number of carbonyl (C=O) groups is 1. The van der Waals surface area contributed by atoms with Crippen molar-refractivity contribution in [1.29, 1.82) is 0 Å². The van der Waals surface area contributed by atoms with Crippen molar-refractivity contribution in [3.63, 3.8) is 0 Å². The molecule has 2 atom stereocenters. The molecule has 0 aromatic heterocycles. The van der Waals surface area contributed by atoms with Gasteiger partial charge in [-0.1, -0.05) is 12.1 Å². The number of hydrogen-bond donors (Lipinski definition) is 2. The smallest absolute Gasteiger partial charge is 0.348 e. The topological polar surface area (TPSA) is 55.1 Å². The second-order valence-corrected chi connectivity index (χ2v) is 4.37. The Hall–Kier alpha value is -2.00. The van der Waals surface area contributed by atoms with Crippen molar-refractivity contribution in [3.05, 3.63) is 35.4 Å². The summed E-state index contributed by atoms with van der Waals surface area (Å²) in [5.41, 5.74) is 5.11. The Morgan fingerprint density at radius 3 is 2.70 bits per heavy atom. The molecule has 3 N–H and O–H groups in total. The molecule has 1 rings (SSSR count). The van der Waals surface area contributed by atoms with Crippen molar-refractivity contribution in [2.45, 2.75) is 31.6 Å². The summed E-state index contributed by atoms with van der Waals surface area (Å²) >= 11 is 0. The monoisotopic (exact) mass is 284 g/mol. The van der Waals surface area contributed by atoms with Gasteiger partial charge >= 0.3 is 6.18 Å². The molecule has 0 radical (unpaired) electrons. The van der Waals surface area contributed by atoms with E-state index in [9.17, 15) is 18.0 Å². The largest absolute Gasteiger partial charge is 0.416 e. The number of carbonyl (C=O) groups excluding carboxylic acids is 1. The molecule has 20 heavy (non-hydrogen) atoms. The van der Waals surface area contributed by atoms with Gasteiger partial charge in [0.2, 0.25) is 5.91 Å². The fourth-order valence-corrected chi connectivity index (χ4v) is 1.61. The molecule has 0 aliphatic carbocycles. The number of nitrogens with two attached hydrogens (primary N) is 1. The van der Waals surface area contributed by atoms with Crippen molar-refractivity contribution >= 4 is 5.91 Å². The van der Waals surface area contributed by atoms with Crippen LogP contribution in [0.3, 0.4) is 0 Å². The average molecular weight is 284 g/mol. The van der Waals surface area contributed by atoms with E-state index in [4.69, 9.17) is 12.2 Å². The van der Waals surface area contributed by atoms with Gasteiger partial charge in [0.1, 0.15) is 0 Å². The van der Waals surface area contributed by atoms with E-state index in [1.807, 2.05) is 0 Å². The van der Waals surface area contributed by atoms with Crippen LogP contribution >= 0.6 is 0 Å². The highest BCUT2D eigenvalue weighted by Crippen LogP contribution is 2.30. The van der Waals surface area contributed by atoms with E-state index in [1.165, 1.54) is 12.1 Å². The van der Waals surface area contributed by atoms with Gasteiger partial charge in [0.05, 0.1) is 17.6 Å². The van der Waals surface area contributed by atoms with E-state index in [1.54, 1.807) is 6.92 Å². The number of alkyl halides is 3. The third-order valence-corrected chi connectivity index (χ3v) is 2.75. The molecule has 0 bridgehead atoms. The van der Waals surface area contributed by atoms with Crippen molar-refractivity contribution in [3.8, 4) is 12.3 Å². The Morgan fingerprint density at radius 2 is 2.15 bits per heavy atom. The SMILES string of the molecule is C#CCC(N)C(=O)NC(C)c1cccc(C(F)(F)F)c1. The lowest BCUT2D eigenvalue weighted by molar-refractivity contribution is -0.137. The van der Waals surface area contributed by atoms with Crippen LogP contribution in [-0.2, 0) is 11.0 Å². The molecule has 1 aromatic carbocycles. The fraction of sp³-hybridized carbons (Fsp3) is 0.357. The lowest BCUT2D eigenvalue weighted by Gasteiger charge is -2.18. The molecule has 6 heteroatoms. The quantitative estimate of drug-likeness (QED) is 0.833. The zero-order valence-electron chi connectivity index (χ0n) is 10.9. The lowest BCUT2D eigenvalue weighted by atomic mass is 10.0. The lowest BCUT2D eigenvalue weighted by Crippen LogP contribution is -2.41. The van der Waals surface area contributed by atoms with Gasteiger partial charge in [0.25, 0.3) is 0 Å². The van der Waals surface area contributed by atoms with E-state index < -0.39 is 29.7 Å². The number of hydrogen-bond acceptors (Lipinski definition) is 2. The van der Waals surface area contributed by atoms with Crippen LogP contribution in [0.5, 0.6) is 0 Å². The van der Waals surface area contributed by atoms with Gasteiger partial charge in [0, 0.05) is 6.42 Å². The average Bonchev–Trinajstić information content (AvgIpc) is 2.38. The molecule has 108 valence electrons. The standard InChI is InChI=1S/C14H15F3N2O/c1-3-5-12(18)13(20)19-9(2)10-6-4-7-11(8-10)14(15,16)17/h1,4,6-9,12H,5,18H2,2H3,(H,19,20). The summed E-state index contributed by atoms with van der Waals surface area (Å²) < 4.78 is 37.8. The molecule has 2 unspecified atom stereocenters. The van der Waals surface area contributed by atoms with Gasteiger partial charge in [-0.3, -0.25) is 4.79 Å². The van der Waals surface area contributed by atoms with E-state index in [0.29, 0.717) is 5.56 Å². The molecule has 1 aromatic rings. The van der Waals surface area contributed by atoms with Crippen LogP contribution in [0.4, 0.5) is 13.2 Å². The molecule has 0 aliphatic heterocycles. The second kappa shape index (κ2) is 6.44. The maximum Gasteiger partial charge on any atom is 0.416 e. The van der Waals surface area contributed by atoms with Gasteiger partial charge in [-0.05, 0) is 24.6 Å². The molecule has 0 aliphatic rings. The summed E-state index contributed by atoms with van der Waals surface area (Å²) in [6, 6.07) is 3.32.